The minimum Gasteiger partial charge on any atom is -0.748 e. The predicted molar refractivity (Wildman–Crippen MR) is 441 cm³/mol. The van der Waals surface area contributed by atoms with E-state index in [1.807, 2.05) is 0 Å². The number of rotatable bonds is 38. The molecule has 20 N–H and O–H groups in total. The number of likely N-dealkylation sites (tertiary alicyclic amines) is 1. The second-order valence-corrected chi connectivity index (χ2v) is 33.2. The Morgan fingerprint density at radius 2 is 1.34 bits per heavy atom. The number of hydrogen-bond donors (Lipinski definition) is 17. The fraction of sp³-hybridized carbons (Fsp3) is 0.519. The number of esters is 1. The number of guanidine groups is 1. The van der Waals surface area contributed by atoms with Crippen LogP contribution in [0, 0.1) is 23.2 Å². The van der Waals surface area contributed by atoms with Crippen molar-refractivity contribution < 1.29 is 104 Å². The third-order valence-electron chi connectivity index (χ3n) is 20.6. The second-order valence-electron chi connectivity index (χ2n) is 30.8. The number of aromatic amines is 1. The summed E-state index contributed by atoms with van der Waals surface area (Å²) in [5.41, 5.74) is 18.6. The number of nitrogens with two attached hydrogens (primary N) is 3. The van der Waals surface area contributed by atoms with Gasteiger partial charge >= 0.3 is 5.97 Å². The first-order chi connectivity index (χ1) is 57.4. The Hall–Kier alpha value is -12.0. The van der Waals surface area contributed by atoms with Gasteiger partial charge in [-0.25, -0.2) is 8.42 Å². The lowest BCUT2D eigenvalue weighted by molar-refractivity contribution is -0.158. The third-order valence-corrected chi connectivity index (χ3v) is 21.9. The molecule has 3 aromatic carbocycles. The summed E-state index contributed by atoms with van der Waals surface area (Å²) in [5.74, 6) is -22.5. The van der Waals surface area contributed by atoms with Crippen molar-refractivity contribution in [1.82, 2.24) is 78.2 Å². The van der Waals surface area contributed by atoms with Gasteiger partial charge in [-0.3, -0.25) is 86.9 Å². The van der Waals surface area contributed by atoms with Crippen LogP contribution in [0.5, 0.6) is 0 Å². The number of aliphatic hydroxyl groups is 1. The lowest BCUT2D eigenvalue weighted by Gasteiger charge is -2.34. The van der Waals surface area contributed by atoms with E-state index >= 15 is 24.0 Å². The van der Waals surface area contributed by atoms with Crippen molar-refractivity contribution in [3.8, 4) is 0 Å². The maximum atomic E-state index is 15.3. The molecule has 43 heteroatoms. The highest BCUT2D eigenvalue weighted by atomic mass is 79.9. The average molecular weight is 1790 g/mol. The van der Waals surface area contributed by atoms with Crippen LogP contribution in [-0.2, 0) is 116 Å². The van der Waals surface area contributed by atoms with Crippen LogP contribution in [0.25, 0.3) is 10.9 Å². The Labute approximate surface area is 712 Å². The quantitative estimate of drug-likeness (QED) is 0.00506. The number of aromatic nitrogens is 1. The lowest BCUT2D eigenvalue weighted by atomic mass is 9.85. The molecule has 15 amide bonds. The number of nitrogens with zero attached hydrogens (tertiary/aromatic N) is 3. The summed E-state index contributed by atoms with van der Waals surface area (Å²) in [6, 6.07) is 1.02. The number of benzene rings is 3. The number of ketones is 1. The van der Waals surface area contributed by atoms with Gasteiger partial charge in [-0.2, -0.15) is 0 Å². The molecule has 122 heavy (non-hydrogen) atoms. The topological polar surface area (TPSA) is 637 Å². The number of hydrogen-bond acceptors (Lipinski definition) is 23. The Morgan fingerprint density at radius 1 is 0.713 bits per heavy atom. The number of cyclic esters (lactones) is 1. The van der Waals surface area contributed by atoms with Crippen LogP contribution >= 0.6 is 15.9 Å². The Balaban J connectivity index is 1.35. The van der Waals surface area contributed by atoms with E-state index in [1.165, 1.54) is 11.8 Å². The number of carbonyl (C=O) groups excluding carboxylic acids is 17. The molecular formula is C79H109BrN19O22S-. The van der Waals surface area contributed by atoms with Crippen molar-refractivity contribution in [2.45, 2.75) is 204 Å². The first kappa shape index (κ1) is 98.8. The summed E-state index contributed by atoms with van der Waals surface area (Å²) in [7, 11) is -3.73. The lowest BCUT2D eigenvalue weighted by Crippen LogP contribution is -2.63. The molecule has 0 aliphatic carbocycles. The van der Waals surface area contributed by atoms with Crippen molar-refractivity contribution in [2.24, 2.45) is 35.0 Å². The largest absolute Gasteiger partial charge is 0.748 e. The van der Waals surface area contributed by atoms with Crippen molar-refractivity contribution in [3.05, 3.63) is 106 Å². The molecule has 6 rings (SSSR count). The minimum absolute atomic E-state index is 0.00343. The van der Waals surface area contributed by atoms with Gasteiger partial charge in [0.05, 0.1) is 34.4 Å². The highest BCUT2D eigenvalue weighted by Gasteiger charge is 2.45. The summed E-state index contributed by atoms with van der Waals surface area (Å²) in [5, 5.41) is 46.3. The molecule has 1 unspecified atom stereocenters. The van der Waals surface area contributed by atoms with Gasteiger partial charge in [0.15, 0.2) is 11.7 Å². The maximum Gasteiger partial charge on any atom is 0.325 e. The number of fused-ring (bicyclic) bond motifs is 1. The van der Waals surface area contributed by atoms with E-state index in [2.05, 4.69) is 79.4 Å². The number of ether oxygens (including phenoxy) is 1. The van der Waals surface area contributed by atoms with Gasteiger partial charge in [-0.1, -0.05) is 104 Å². The number of carbonyl (C=O) groups is 17. The molecule has 3 heterocycles. The number of halogens is 1. The molecule has 1 aromatic heterocycles. The smallest absolute Gasteiger partial charge is 0.325 e. The van der Waals surface area contributed by atoms with E-state index in [1.54, 1.807) is 113 Å². The van der Waals surface area contributed by atoms with Gasteiger partial charge in [-0.05, 0) is 99.6 Å². The summed E-state index contributed by atoms with van der Waals surface area (Å²) in [4.78, 5) is 246. The van der Waals surface area contributed by atoms with E-state index in [0.29, 0.717) is 50.2 Å². The van der Waals surface area contributed by atoms with Crippen LogP contribution in [0.1, 0.15) is 117 Å². The molecule has 2 saturated heterocycles. The van der Waals surface area contributed by atoms with Crippen LogP contribution < -0.4 is 75.7 Å². The van der Waals surface area contributed by atoms with Gasteiger partial charge in [0.25, 0.3) is 0 Å². The van der Waals surface area contributed by atoms with Crippen LogP contribution in [-0.4, -0.2) is 269 Å². The van der Waals surface area contributed by atoms with Gasteiger partial charge in [0.1, 0.15) is 79.1 Å². The number of Topliss-reactive ketones (excluding diaryl/α,β-unsaturated/α-hetero) is 1. The van der Waals surface area contributed by atoms with E-state index < -0.39 is 257 Å². The van der Waals surface area contributed by atoms with Gasteiger partial charge in [-0.15, -0.1) is 0 Å². The zero-order chi connectivity index (χ0) is 90.7. The molecule has 41 nitrogen and oxygen atoms in total. The fourth-order valence-electron chi connectivity index (χ4n) is 13.9. The summed E-state index contributed by atoms with van der Waals surface area (Å²) in [6.07, 6.45) is -5.54. The SMILES string of the molecule is CC(C)[C@H](CC(=O)[C@H](NC(=O)[C@@H]1CCCN1C(=O)[C@H](Cc1ccc(Br)cc1)NC(=O)[C@@H](C)NC=O)C(C)C)C(=O)N[C@H](Cc1c[nH]c2ccccc12)C(=O)N[C@@H](CCCNC(=N)N)C(=O)N[C@H](CS(=O)(=O)[O-])C(=O)N[C@@H]1C(=O)N(C)[C@@H](CCC(N)=O)C(=O)N[C@H](Cc2ccccc2)C(=O)NC([C@@H](C)O)C(=O)N[C@@H](CC(N)=O)C(=O)N(C)CC(=O)O[C@@H]1C. The van der Waals surface area contributed by atoms with E-state index in [-0.39, 0.29) is 45.2 Å². The monoisotopic (exact) mass is 1790 g/mol. The number of para-hydroxylation sites is 1. The third kappa shape index (κ3) is 29.7. The Bertz CT molecular complexity index is 4590. The van der Waals surface area contributed by atoms with Crippen LogP contribution in [0.2, 0.25) is 0 Å². The highest BCUT2D eigenvalue weighted by Crippen LogP contribution is 2.26. The van der Waals surface area contributed by atoms with Crippen LogP contribution in [0.15, 0.2) is 89.5 Å². The maximum absolute atomic E-state index is 15.3. The first-order valence-corrected chi connectivity index (χ1v) is 41.8. The summed E-state index contributed by atoms with van der Waals surface area (Å²) >= 11 is 3.39. The summed E-state index contributed by atoms with van der Waals surface area (Å²) < 4.78 is 45.3. The number of likely N-dealkylation sites (N-methyl/N-ethyl adjacent to an activating group) is 2. The molecule has 666 valence electrons. The molecule has 0 bridgehead atoms. The Kier molecular flexibility index (Phi) is 37.4. The summed E-state index contributed by atoms with van der Waals surface area (Å²) in [6.45, 7) is 8.85. The van der Waals surface area contributed by atoms with Gasteiger partial charge in [0.2, 0.25) is 89.1 Å². The Morgan fingerprint density at radius 3 is 1.95 bits per heavy atom. The molecule has 0 saturated carbocycles. The highest BCUT2D eigenvalue weighted by molar-refractivity contribution is 9.10. The van der Waals surface area contributed by atoms with Gasteiger partial charge in [0, 0.05) is 86.8 Å². The standard InChI is InChI=1S/C79H110BrN19O22S/c1-40(2)50(34-60(102)64(41(3)4)94-74(113)59-22-16-30-99(59)77(116)55(91-67(106)42(5)87-39-100)32-46-23-25-48(80)26-24-46)68(107)89-54(33-47-36-86-51-20-14-13-19-49(47)51)70(109)88-52(21-15-29-85-79(83)84)69(108)93-57(38-122(118,119)120)72(111)96-66-44(7)121-63(105)37-97(8)76(115)56(35-62(82)104)92-75(114)65(43(6)101)95-71(110)53(31-45-17-11-10-12-18-45)90-73(112)58(27-28-61(81)103)98(9)78(66)117/h10-14,17-20,23-26,36,39-44,50,52-59,64-66,86,101H,15-16,21-22,27-35,37-38H2,1-9H3,(H2,81,103)(H2,82,104)(H,87,100)(H,88,109)(H,89,107)(H,90,112)(H,91,106)(H,92,114)(H,93,108)(H,94,113)(H,95,110)(H,96,111)(H4,83,84,85)(H,118,119,120)/p-1/t42-,43-,44-,50+,52+,53-,54-,55+,56+,57-,58+,59+,64-,65?,66+/m1/s1. The van der Waals surface area contributed by atoms with E-state index in [9.17, 15) is 75.6 Å². The normalized spacial score (nSPS) is 20.4. The molecule has 2 fully saturated rings. The van der Waals surface area contributed by atoms with Crippen LogP contribution in [0.3, 0.4) is 0 Å². The van der Waals surface area contributed by atoms with E-state index in [0.717, 1.165) is 32.4 Å². The second kappa shape index (κ2) is 46.1. The minimum atomic E-state index is -5.69. The molecule has 2 aliphatic heterocycles. The average Bonchev–Trinajstić information content (AvgIpc) is 1.64. The molecule has 0 radical (unpaired) electrons. The zero-order valence-corrected chi connectivity index (χ0v) is 71.4. The van der Waals surface area contributed by atoms with Crippen LogP contribution in [0.4, 0.5) is 0 Å². The van der Waals surface area contributed by atoms with Gasteiger partial charge < -0.3 is 110 Å². The fourth-order valence-corrected chi connectivity index (χ4v) is 14.8. The molecule has 2 aliphatic rings. The van der Waals surface area contributed by atoms with E-state index in [4.69, 9.17) is 27.3 Å². The molecular weight excluding hydrogens is 1680 g/mol. The number of amides is 15. The molecule has 15 atom stereocenters. The molecule has 4 aromatic rings. The number of aliphatic hydroxyl groups excluding tert-OH is 1. The first-order valence-electron chi connectivity index (χ1n) is 39.4. The zero-order valence-electron chi connectivity index (χ0n) is 69.0. The van der Waals surface area contributed by atoms with Crippen molar-refractivity contribution in [2.75, 3.05) is 39.5 Å². The van der Waals surface area contributed by atoms with Crippen molar-refractivity contribution in [1.29, 1.82) is 5.41 Å². The number of H-pyrrole nitrogens is 1. The van der Waals surface area contributed by atoms with Crippen molar-refractivity contribution >= 4 is 144 Å². The predicted octanol–water partition coefficient (Wildman–Crippen LogP) is -4.10. The number of primary amides is 2. The van der Waals surface area contributed by atoms with Crippen molar-refractivity contribution in [3.63, 3.8) is 0 Å². The number of nitrogens with one attached hydrogen (secondary N) is 13. The molecule has 0 spiro atoms.